The molecule has 0 aliphatic heterocycles. The summed E-state index contributed by atoms with van der Waals surface area (Å²) in [5.41, 5.74) is 2.12. The fourth-order valence-electron chi connectivity index (χ4n) is 2.60. The molecule has 1 aromatic carbocycles. The van der Waals surface area contributed by atoms with E-state index < -0.39 is 0 Å². The Morgan fingerprint density at radius 2 is 1.68 bits per heavy atom. The van der Waals surface area contributed by atoms with E-state index in [9.17, 15) is 0 Å². The standard InChI is InChI=1S/C19H23N3O2Se/c1-11-20-14-9-16(24-6)15(23-5)8-13(14)18(21-11)22-12-7-17(25-10-12)19(2,3)4/h7-10H,1-6H3,(H,20,21,22). The summed E-state index contributed by atoms with van der Waals surface area (Å²) in [4.78, 5) is 11.4. The second-order valence-corrected chi connectivity index (χ2v) is 8.83. The zero-order valence-corrected chi connectivity index (χ0v) is 17.1. The van der Waals surface area contributed by atoms with Crippen LogP contribution in [0, 0.1) is 6.92 Å². The predicted octanol–water partition coefficient (Wildman–Crippen LogP) is 4.05. The van der Waals surface area contributed by atoms with Crippen LogP contribution in [0.1, 0.15) is 31.0 Å². The van der Waals surface area contributed by atoms with E-state index in [0.29, 0.717) is 31.8 Å². The maximum atomic E-state index is 5.43. The molecule has 3 aromatic rings. The molecule has 5 nitrogen and oxygen atoms in total. The van der Waals surface area contributed by atoms with Gasteiger partial charge in [-0.15, -0.1) is 0 Å². The number of rotatable bonds is 4. The molecule has 0 spiro atoms. The van der Waals surface area contributed by atoms with Crippen molar-refractivity contribution in [2.45, 2.75) is 33.1 Å². The quantitative estimate of drug-likeness (QED) is 0.665. The fraction of sp³-hybridized carbons (Fsp3) is 0.368. The van der Waals surface area contributed by atoms with Crippen LogP contribution in [0.2, 0.25) is 0 Å². The summed E-state index contributed by atoms with van der Waals surface area (Å²) in [6.45, 7) is 8.64. The van der Waals surface area contributed by atoms with E-state index in [1.807, 2.05) is 19.1 Å². The van der Waals surface area contributed by atoms with Crippen molar-refractivity contribution in [3.63, 3.8) is 0 Å². The number of hydrogen-bond donors (Lipinski definition) is 1. The molecule has 6 heteroatoms. The molecule has 2 aromatic heterocycles. The first-order chi connectivity index (χ1) is 11.8. The molecule has 3 rings (SSSR count). The minimum atomic E-state index is 0.195. The van der Waals surface area contributed by atoms with Gasteiger partial charge in [0.15, 0.2) is 0 Å². The maximum absolute atomic E-state index is 5.43. The normalized spacial score (nSPS) is 11.6. The van der Waals surface area contributed by atoms with E-state index in [1.54, 1.807) is 14.2 Å². The first kappa shape index (κ1) is 17.8. The van der Waals surface area contributed by atoms with Crippen molar-refractivity contribution in [2.75, 3.05) is 19.5 Å². The molecule has 1 N–H and O–H groups in total. The third-order valence-electron chi connectivity index (χ3n) is 3.91. The predicted molar refractivity (Wildman–Crippen MR) is 103 cm³/mol. The summed E-state index contributed by atoms with van der Waals surface area (Å²) in [5, 5.41) is 4.38. The van der Waals surface area contributed by atoms with Crippen molar-refractivity contribution in [1.29, 1.82) is 0 Å². The van der Waals surface area contributed by atoms with Gasteiger partial charge in [-0.1, -0.05) is 0 Å². The molecule has 0 aliphatic carbocycles. The Labute approximate surface area is 154 Å². The molecule has 0 radical (unpaired) electrons. The molecule has 0 fully saturated rings. The Morgan fingerprint density at radius 1 is 1.00 bits per heavy atom. The van der Waals surface area contributed by atoms with Gasteiger partial charge in [0.2, 0.25) is 0 Å². The van der Waals surface area contributed by atoms with Crippen LogP contribution in [0.4, 0.5) is 11.5 Å². The van der Waals surface area contributed by atoms with E-state index in [-0.39, 0.29) is 5.41 Å². The second kappa shape index (κ2) is 6.69. The molecular weight excluding hydrogens is 381 g/mol. The number of benzene rings is 1. The molecular formula is C19H23N3O2Se. The van der Waals surface area contributed by atoms with Gasteiger partial charge in [0.05, 0.1) is 0 Å². The first-order valence-corrected chi connectivity index (χ1v) is 9.93. The van der Waals surface area contributed by atoms with Crippen LogP contribution in [0.25, 0.3) is 10.9 Å². The summed E-state index contributed by atoms with van der Waals surface area (Å²) in [7, 11) is 3.26. The van der Waals surface area contributed by atoms with Crippen LogP contribution < -0.4 is 14.8 Å². The number of aromatic nitrogens is 2. The van der Waals surface area contributed by atoms with Crippen molar-refractivity contribution in [1.82, 2.24) is 9.97 Å². The van der Waals surface area contributed by atoms with Gasteiger partial charge in [-0.2, -0.15) is 0 Å². The summed E-state index contributed by atoms with van der Waals surface area (Å²) in [6, 6.07) is 6.05. The molecule has 2 heterocycles. The monoisotopic (exact) mass is 405 g/mol. The van der Waals surface area contributed by atoms with Crippen molar-refractivity contribution < 1.29 is 9.47 Å². The molecule has 0 bridgehead atoms. The molecule has 0 saturated heterocycles. The van der Waals surface area contributed by atoms with E-state index >= 15 is 0 Å². The van der Waals surface area contributed by atoms with Gasteiger partial charge in [0.25, 0.3) is 0 Å². The number of nitrogens with zero attached hydrogens (tertiary/aromatic N) is 2. The van der Waals surface area contributed by atoms with Crippen molar-refractivity contribution in [3.8, 4) is 11.5 Å². The van der Waals surface area contributed by atoms with E-state index in [0.717, 1.165) is 22.4 Å². The van der Waals surface area contributed by atoms with Crippen LogP contribution in [0.15, 0.2) is 23.1 Å². The van der Waals surface area contributed by atoms with Gasteiger partial charge >= 0.3 is 154 Å². The molecule has 132 valence electrons. The summed E-state index contributed by atoms with van der Waals surface area (Å²) in [6.07, 6.45) is 0. The average molecular weight is 404 g/mol. The molecule has 0 saturated carbocycles. The number of methoxy groups -OCH3 is 2. The second-order valence-electron chi connectivity index (χ2n) is 6.92. The van der Waals surface area contributed by atoms with E-state index in [1.165, 1.54) is 4.44 Å². The van der Waals surface area contributed by atoms with Crippen LogP contribution >= 0.6 is 0 Å². The molecule has 0 atom stereocenters. The SMILES string of the molecule is COc1cc2nc(C)nc(Nc3c[se]c(C(C)(C)C)c3)c2cc1OC. The summed E-state index contributed by atoms with van der Waals surface area (Å²) >= 11 is 0.374. The molecule has 0 amide bonds. The van der Waals surface area contributed by atoms with E-state index in [2.05, 4.69) is 47.1 Å². The Balaban J connectivity index is 2.07. The third-order valence-corrected chi connectivity index (χ3v) is 6.76. The number of aryl methyl sites for hydroxylation is 1. The fourth-order valence-corrected chi connectivity index (χ4v) is 4.55. The van der Waals surface area contributed by atoms with E-state index in [4.69, 9.17) is 9.47 Å². The Kier molecular flexibility index (Phi) is 4.76. The van der Waals surface area contributed by atoms with Crippen LogP contribution in [-0.4, -0.2) is 38.7 Å². The zero-order valence-electron chi connectivity index (χ0n) is 15.4. The summed E-state index contributed by atoms with van der Waals surface area (Å²) < 4.78 is 12.3. The van der Waals surface area contributed by atoms with Gasteiger partial charge in [-0.05, 0) is 0 Å². The van der Waals surface area contributed by atoms with Crippen LogP contribution in [-0.2, 0) is 5.41 Å². The van der Waals surface area contributed by atoms with Gasteiger partial charge < -0.3 is 0 Å². The van der Waals surface area contributed by atoms with Crippen molar-refractivity contribution in [3.05, 3.63) is 33.4 Å². The van der Waals surface area contributed by atoms with Gasteiger partial charge in [0, 0.05) is 0 Å². The van der Waals surface area contributed by atoms with Gasteiger partial charge in [0.1, 0.15) is 0 Å². The Hall–Kier alpha value is -2.04. The first-order valence-electron chi connectivity index (χ1n) is 8.08. The summed E-state index contributed by atoms with van der Waals surface area (Å²) in [5.74, 6) is 2.83. The molecule has 0 unspecified atom stereocenters. The third kappa shape index (κ3) is 3.65. The number of anilines is 2. The minimum absolute atomic E-state index is 0.195. The van der Waals surface area contributed by atoms with Crippen molar-refractivity contribution >= 4 is 36.9 Å². The Morgan fingerprint density at radius 3 is 2.28 bits per heavy atom. The van der Waals surface area contributed by atoms with Crippen molar-refractivity contribution in [2.24, 2.45) is 0 Å². The topological polar surface area (TPSA) is 56.3 Å². The number of fused-ring (bicyclic) bond motifs is 1. The number of hydrogen-bond acceptors (Lipinski definition) is 5. The number of ether oxygens (including phenoxy) is 2. The van der Waals surface area contributed by atoms with Gasteiger partial charge in [-0.25, -0.2) is 0 Å². The Bertz CT molecular complexity index is 913. The molecule has 25 heavy (non-hydrogen) atoms. The average Bonchev–Trinajstić information content (AvgIpc) is 3.02. The van der Waals surface area contributed by atoms with Crippen LogP contribution in [0.3, 0.4) is 0 Å². The van der Waals surface area contributed by atoms with Crippen LogP contribution in [0.5, 0.6) is 11.5 Å². The zero-order chi connectivity index (χ0) is 18.2. The number of nitrogens with one attached hydrogen (secondary N) is 1. The van der Waals surface area contributed by atoms with Gasteiger partial charge in [-0.3, -0.25) is 0 Å². The molecule has 0 aliphatic rings.